The van der Waals surface area contributed by atoms with E-state index in [4.69, 9.17) is 5.73 Å². The Bertz CT molecular complexity index is 538. The Morgan fingerprint density at radius 1 is 0.577 bits per heavy atom. The van der Waals surface area contributed by atoms with Gasteiger partial charge in [0.25, 0.3) is 0 Å². The molecule has 3 saturated carbocycles. The van der Waals surface area contributed by atoms with Gasteiger partial charge in [0.1, 0.15) is 0 Å². The Morgan fingerprint density at radius 2 is 0.962 bits per heavy atom. The third-order valence-electron chi connectivity index (χ3n) is 8.29. The van der Waals surface area contributed by atoms with E-state index in [1.807, 2.05) is 0 Å². The number of nitrogens with two attached hydrogens (primary N) is 1. The first-order valence-corrected chi connectivity index (χ1v) is 11.5. The molecule has 2 N–H and O–H groups in total. The topological polar surface area (TPSA) is 26.0 Å². The van der Waals surface area contributed by atoms with E-state index in [2.05, 4.69) is 31.2 Å². The van der Waals surface area contributed by atoms with Gasteiger partial charge in [-0.1, -0.05) is 29.8 Å². The molecule has 0 unspecified atom stereocenters. The third-order valence-corrected chi connectivity index (χ3v) is 8.29. The Balaban J connectivity index is 1.23. The lowest BCUT2D eigenvalue weighted by atomic mass is 9.65. The molecule has 0 heterocycles. The van der Waals surface area contributed by atoms with Crippen molar-refractivity contribution in [2.45, 2.75) is 95.9 Å². The van der Waals surface area contributed by atoms with Crippen molar-refractivity contribution < 1.29 is 0 Å². The lowest BCUT2D eigenvalue weighted by Crippen LogP contribution is -2.32. The number of benzene rings is 1. The summed E-state index contributed by atoms with van der Waals surface area (Å²) >= 11 is 0. The van der Waals surface area contributed by atoms with Gasteiger partial charge in [-0.25, -0.2) is 0 Å². The first-order valence-electron chi connectivity index (χ1n) is 11.5. The third kappa shape index (κ3) is 4.35. The molecule has 1 aromatic rings. The smallest absolute Gasteiger partial charge is 0.00390 e. The molecule has 4 rings (SSSR count). The van der Waals surface area contributed by atoms with Crippen molar-refractivity contribution in [3.63, 3.8) is 0 Å². The second kappa shape index (κ2) is 8.46. The van der Waals surface area contributed by atoms with E-state index in [0.717, 1.165) is 29.6 Å². The number of hydrogen-bond donors (Lipinski definition) is 1. The Hall–Kier alpha value is -0.820. The highest BCUT2D eigenvalue weighted by Gasteiger charge is 2.34. The van der Waals surface area contributed by atoms with Gasteiger partial charge >= 0.3 is 0 Å². The zero-order chi connectivity index (χ0) is 17.9. The SMILES string of the molecule is Cc1ccc(C2CCC(C3CCC(C4CCC(N)CC4)CC3)CC2)cc1. The average Bonchev–Trinajstić information content (AvgIpc) is 2.70. The van der Waals surface area contributed by atoms with Gasteiger partial charge in [0.15, 0.2) is 0 Å². The van der Waals surface area contributed by atoms with Crippen LogP contribution in [0, 0.1) is 30.6 Å². The van der Waals surface area contributed by atoms with E-state index in [1.54, 1.807) is 5.56 Å². The predicted molar refractivity (Wildman–Crippen MR) is 111 cm³/mol. The maximum absolute atomic E-state index is 6.11. The summed E-state index contributed by atoms with van der Waals surface area (Å²) in [7, 11) is 0. The minimum Gasteiger partial charge on any atom is -0.328 e. The van der Waals surface area contributed by atoms with Crippen LogP contribution in [0.4, 0.5) is 0 Å². The molecule has 26 heavy (non-hydrogen) atoms. The number of aryl methyl sites for hydroxylation is 1. The average molecular weight is 354 g/mol. The summed E-state index contributed by atoms with van der Waals surface area (Å²) in [5.41, 5.74) is 9.09. The predicted octanol–water partition coefficient (Wildman–Crippen LogP) is 6.59. The van der Waals surface area contributed by atoms with Crippen LogP contribution in [-0.4, -0.2) is 6.04 Å². The minimum absolute atomic E-state index is 0.506. The Kier molecular flexibility index (Phi) is 6.03. The van der Waals surface area contributed by atoms with Crippen LogP contribution in [0.3, 0.4) is 0 Å². The molecule has 1 heteroatoms. The van der Waals surface area contributed by atoms with E-state index < -0.39 is 0 Å². The van der Waals surface area contributed by atoms with Gasteiger partial charge in [-0.15, -0.1) is 0 Å². The molecule has 0 atom stereocenters. The second-order valence-electron chi connectivity index (χ2n) is 9.87. The first kappa shape index (κ1) is 18.5. The molecule has 1 aromatic carbocycles. The summed E-state index contributed by atoms with van der Waals surface area (Å²) in [6, 6.07) is 9.84. The van der Waals surface area contributed by atoms with Crippen LogP contribution in [0.1, 0.15) is 94.1 Å². The molecular formula is C25H39N. The zero-order valence-electron chi connectivity index (χ0n) is 16.8. The highest BCUT2D eigenvalue weighted by atomic mass is 14.6. The minimum atomic E-state index is 0.506. The molecule has 0 aromatic heterocycles. The van der Waals surface area contributed by atoms with Crippen LogP contribution in [0.2, 0.25) is 0 Å². The fraction of sp³-hybridized carbons (Fsp3) is 0.760. The van der Waals surface area contributed by atoms with Crippen molar-refractivity contribution in [1.82, 2.24) is 0 Å². The molecule has 3 fully saturated rings. The highest BCUT2D eigenvalue weighted by molar-refractivity contribution is 5.24. The first-order chi connectivity index (χ1) is 12.7. The van der Waals surface area contributed by atoms with E-state index in [1.165, 1.54) is 82.6 Å². The molecule has 0 saturated heterocycles. The van der Waals surface area contributed by atoms with E-state index >= 15 is 0 Å². The normalized spacial score (nSPS) is 38.8. The molecule has 0 radical (unpaired) electrons. The van der Waals surface area contributed by atoms with E-state index in [0.29, 0.717) is 6.04 Å². The lowest BCUT2D eigenvalue weighted by molar-refractivity contribution is 0.117. The molecule has 144 valence electrons. The van der Waals surface area contributed by atoms with Crippen molar-refractivity contribution in [2.75, 3.05) is 0 Å². The van der Waals surface area contributed by atoms with Crippen LogP contribution in [0.25, 0.3) is 0 Å². The molecule has 0 bridgehead atoms. The summed E-state index contributed by atoms with van der Waals surface area (Å²) in [4.78, 5) is 0. The van der Waals surface area contributed by atoms with Gasteiger partial charge in [0.2, 0.25) is 0 Å². The van der Waals surface area contributed by atoms with Gasteiger partial charge < -0.3 is 5.73 Å². The summed E-state index contributed by atoms with van der Waals surface area (Å²) in [6.45, 7) is 2.19. The quantitative estimate of drug-likeness (QED) is 0.651. The Labute approximate surface area is 161 Å². The maximum atomic E-state index is 6.11. The summed E-state index contributed by atoms with van der Waals surface area (Å²) in [6.07, 6.45) is 17.3. The fourth-order valence-corrected chi connectivity index (χ4v) is 6.47. The van der Waals surface area contributed by atoms with Crippen LogP contribution in [-0.2, 0) is 0 Å². The highest BCUT2D eigenvalue weighted by Crippen LogP contribution is 2.46. The van der Waals surface area contributed by atoms with Gasteiger partial charge in [-0.05, 0) is 119 Å². The fourth-order valence-electron chi connectivity index (χ4n) is 6.47. The molecule has 0 spiro atoms. The largest absolute Gasteiger partial charge is 0.328 e. The van der Waals surface area contributed by atoms with Crippen molar-refractivity contribution in [1.29, 1.82) is 0 Å². The van der Waals surface area contributed by atoms with Crippen LogP contribution < -0.4 is 5.73 Å². The molecule has 0 aliphatic heterocycles. The summed E-state index contributed by atoms with van der Waals surface area (Å²) < 4.78 is 0. The molecule has 0 amide bonds. The molecule has 3 aliphatic carbocycles. The van der Waals surface area contributed by atoms with Crippen molar-refractivity contribution >= 4 is 0 Å². The van der Waals surface area contributed by atoms with Crippen molar-refractivity contribution in [3.8, 4) is 0 Å². The molecule has 3 aliphatic rings. The van der Waals surface area contributed by atoms with Gasteiger partial charge in [0.05, 0.1) is 0 Å². The van der Waals surface area contributed by atoms with Crippen LogP contribution in [0.15, 0.2) is 24.3 Å². The van der Waals surface area contributed by atoms with E-state index in [9.17, 15) is 0 Å². The zero-order valence-corrected chi connectivity index (χ0v) is 16.8. The summed E-state index contributed by atoms with van der Waals surface area (Å²) in [5.74, 6) is 4.93. The maximum Gasteiger partial charge on any atom is 0.00390 e. The van der Waals surface area contributed by atoms with Crippen molar-refractivity contribution in [2.24, 2.45) is 29.4 Å². The van der Waals surface area contributed by atoms with Gasteiger partial charge in [-0.2, -0.15) is 0 Å². The number of rotatable bonds is 3. The van der Waals surface area contributed by atoms with Crippen LogP contribution in [0.5, 0.6) is 0 Å². The van der Waals surface area contributed by atoms with Crippen LogP contribution >= 0.6 is 0 Å². The summed E-state index contributed by atoms with van der Waals surface area (Å²) in [5, 5.41) is 0. The van der Waals surface area contributed by atoms with Gasteiger partial charge in [-0.3, -0.25) is 0 Å². The molecule has 1 nitrogen and oxygen atoms in total. The molecular weight excluding hydrogens is 314 g/mol. The lowest BCUT2D eigenvalue weighted by Gasteiger charge is -2.41. The second-order valence-corrected chi connectivity index (χ2v) is 9.87. The standard InChI is InChI=1S/C25H39N/c1-18-2-4-19(5-3-18)20-6-8-21(9-7-20)22-10-12-23(13-11-22)24-14-16-25(26)17-15-24/h2-5,20-25H,6-17,26H2,1H3. The van der Waals surface area contributed by atoms with Crippen molar-refractivity contribution in [3.05, 3.63) is 35.4 Å². The Morgan fingerprint density at radius 3 is 1.42 bits per heavy atom. The number of hydrogen-bond acceptors (Lipinski definition) is 1. The monoisotopic (exact) mass is 353 g/mol. The van der Waals surface area contributed by atoms with E-state index in [-0.39, 0.29) is 0 Å². The van der Waals surface area contributed by atoms with Gasteiger partial charge in [0, 0.05) is 6.04 Å².